The third-order valence-electron chi connectivity index (χ3n) is 4.95. The summed E-state index contributed by atoms with van der Waals surface area (Å²) in [5, 5.41) is 0.651. The molecule has 0 bridgehead atoms. The van der Waals surface area contributed by atoms with E-state index in [4.69, 9.17) is 0 Å². The first-order valence-electron chi connectivity index (χ1n) is 9.24. The zero-order valence-corrected chi connectivity index (χ0v) is 18.2. The molecule has 3 aromatic rings. The number of thiazole rings is 1. The van der Waals surface area contributed by atoms with Crippen molar-refractivity contribution in [3.8, 4) is 0 Å². The molecular formula is C21H19F3N3OS2+. The summed E-state index contributed by atoms with van der Waals surface area (Å²) in [5.41, 5.74) is 0.790. The highest BCUT2D eigenvalue weighted by atomic mass is 32.2. The quantitative estimate of drug-likeness (QED) is 0.563. The highest BCUT2D eigenvalue weighted by Gasteiger charge is 2.33. The SMILES string of the molecule is CCn1c(=O)/c(=C2\Sc3cc(C(F)(F)F)ccc3N2C)s/c1=C\c1cccc[n+]1C. The maximum Gasteiger partial charge on any atom is 0.416 e. The topological polar surface area (TPSA) is 29.1 Å². The second-order valence-electron chi connectivity index (χ2n) is 6.85. The summed E-state index contributed by atoms with van der Waals surface area (Å²) >= 11 is 2.56. The number of aromatic nitrogens is 2. The molecule has 0 N–H and O–H groups in total. The van der Waals surface area contributed by atoms with E-state index in [-0.39, 0.29) is 5.56 Å². The molecule has 0 saturated heterocycles. The Morgan fingerprint density at radius 3 is 2.63 bits per heavy atom. The van der Waals surface area contributed by atoms with Crippen molar-refractivity contribution in [3.05, 3.63) is 73.4 Å². The Morgan fingerprint density at radius 1 is 1.20 bits per heavy atom. The lowest BCUT2D eigenvalue weighted by Gasteiger charge is -2.13. The fourth-order valence-electron chi connectivity index (χ4n) is 3.31. The van der Waals surface area contributed by atoms with Crippen LogP contribution in [-0.4, -0.2) is 11.6 Å². The lowest BCUT2D eigenvalue weighted by molar-refractivity contribution is -0.673. The van der Waals surface area contributed by atoms with Crippen LogP contribution in [0.25, 0.3) is 11.1 Å². The first kappa shape index (κ1) is 20.7. The predicted molar refractivity (Wildman–Crippen MR) is 114 cm³/mol. The van der Waals surface area contributed by atoms with Crippen molar-refractivity contribution < 1.29 is 17.7 Å². The van der Waals surface area contributed by atoms with Gasteiger partial charge in [-0.1, -0.05) is 11.8 Å². The Labute approximate surface area is 179 Å². The first-order valence-corrected chi connectivity index (χ1v) is 10.9. The summed E-state index contributed by atoms with van der Waals surface area (Å²) in [6, 6.07) is 9.50. The number of nitrogens with zero attached hydrogens (tertiary/aromatic N) is 3. The number of alkyl halides is 3. The van der Waals surface area contributed by atoms with Crippen LogP contribution in [0.3, 0.4) is 0 Å². The molecule has 156 valence electrons. The van der Waals surface area contributed by atoms with Gasteiger partial charge in [0, 0.05) is 36.7 Å². The number of hydrogen-bond acceptors (Lipinski definition) is 4. The summed E-state index contributed by atoms with van der Waals surface area (Å²) in [7, 11) is 3.70. The normalized spacial score (nSPS) is 16.3. The standard InChI is InChI=1S/C21H19F3N3OS2/c1-4-27-17(12-14-7-5-6-10-25(14)2)30-18(19(27)28)20-26(3)15-9-8-13(21(22,23)24)11-16(15)29-20/h5-12H,4H2,1-3H3/q+1/b20-18+. The summed E-state index contributed by atoms with van der Waals surface area (Å²) < 4.78 is 44.3. The van der Waals surface area contributed by atoms with Crippen molar-refractivity contribution in [2.75, 3.05) is 11.9 Å². The zero-order valence-electron chi connectivity index (χ0n) is 16.5. The van der Waals surface area contributed by atoms with E-state index in [2.05, 4.69) is 0 Å². The summed E-state index contributed by atoms with van der Waals surface area (Å²) in [5.74, 6) is 0. The molecule has 4 rings (SSSR count). The van der Waals surface area contributed by atoms with Crippen LogP contribution in [0.1, 0.15) is 18.2 Å². The fourth-order valence-corrected chi connectivity index (χ4v) is 5.81. The van der Waals surface area contributed by atoms with Gasteiger partial charge in [-0.15, -0.1) is 11.3 Å². The van der Waals surface area contributed by atoms with E-state index in [0.717, 1.165) is 22.5 Å². The Balaban J connectivity index is 1.89. The van der Waals surface area contributed by atoms with Crippen molar-refractivity contribution in [3.63, 3.8) is 0 Å². The molecule has 0 spiro atoms. The second kappa shape index (κ2) is 7.63. The lowest BCUT2D eigenvalue weighted by Crippen LogP contribution is -2.34. The van der Waals surface area contributed by atoms with Gasteiger partial charge < -0.3 is 4.90 Å². The maximum atomic E-state index is 13.1. The molecule has 1 aliphatic heterocycles. The molecule has 0 atom stereocenters. The molecule has 0 aliphatic carbocycles. The van der Waals surface area contributed by atoms with Crippen molar-refractivity contribution in [2.45, 2.75) is 24.5 Å². The molecule has 9 heteroatoms. The van der Waals surface area contributed by atoms with Gasteiger partial charge in [0.05, 0.1) is 11.3 Å². The third-order valence-corrected chi connectivity index (χ3v) is 7.42. The monoisotopic (exact) mass is 450 g/mol. The minimum absolute atomic E-state index is 0.134. The van der Waals surface area contributed by atoms with Crippen LogP contribution in [0.5, 0.6) is 0 Å². The highest BCUT2D eigenvalue weighted by Crippen LogP contribution is 2.47. The third kappa shape index (κ3) is 3.56. The van der Waals surface area contributed by atoms with Crippen molar-refractivity contribution in [1.29, 1.82) is 0 Å². The van der Waals surface area contributed by atoms with E-state index in [1.54, 1.807) is 16.5 Å². The summed E-state index contributed by atoms with van der Waals surface area (Å²) in [6.07, 6.45) is -0.519. The van der Waals surface area contributed by atoms with Crippen LogP contribution < -0.4 is 24.2 Å². The smallest absolute Gasteiger partial charge is 0.337 e. The second-order valence-corrected chi connectivity index (χ2v) is 8.91. The molecule has 0 amide bonds. The van der Waals surface area contributed by atoms with Crippen LogP contribution in [0.15, 0.2) is 52.3 Å². The van der Waals surface area contributed by atoms with Crippen LogP contribution in [0.2, 0.25) is 0 Å². The van der Waals surface area contributed by atoms with Gasteiger partial charge in [-0.2, -0.15) is 13.2 Å². The number of halogens is 3. The maximum absolute atomic E-state index is 13.1. The first-order chi connectivity index (χ1) is 14.2. The van der Waals surface area contributed by atoms with Crippen molar-refractivity contribution in [1.82, 2.24) is 4.57 Å². The van der Waals surface area contributed by atoms with E-state index < -0.39 is 11.7 Å². The fraction of sp³-hybridized carbons (Fsp3) is 0.238. The molecule has 0 fully saturated rings. The average molecular weight is 451 g/mol. The van der Waals surface area contributed by atoms with Crippen LogP contribution in [-0.2, 0) is 19.8 Å². The van der Waals surface area contributed by atoms with Crippen LogP contribution >= 0.6 is 23.1 Å². The summed E-state index contributed by atoms with van der Waals surface area (Å²) in [6.45, 7) is 2.41. The molecule has 2 aromatic heterocycles. The van der Waals surface area contributed by atoms with Gasteiger partial charge in [-0.25, -0.2) is 4.57 Å². The predicted octanol–water partition coefficient (Wildman–Crippen LogP) is 2.91. The van der Waals surface area contributed by atoms with Crippen LogP contribution in [0.4, 0.5) is 18.9 Å². The minimum atomic E-state index is -4.40. The largest absolute Gasteiger partial charge is 0.416 e. The Kier molecular flexibility index (Phi) is 5.27. The number of benzene rings is 1. The van der Waals surface area contributed by atoms with Gasteiger partial charge in [-0.05, 0) is 31.2 Å². The molecular weight excluding hydrogens is 431 g/mol. The van der Waals surface area contributed by atoms with Gasteiger partial charge in [0.1, 0.15) is 21.3 Å². The minimum Gasteiger partial charge on any atom is -0.337 e. The van der Waals surface area contributed by atoms with E-state index >= 15 is 0 Å². The van der Waals surface area contributed by atoms with E-state index in [1.165, 1.54) is 29.2 Å². The van der Waals surface area contributed by atoms with E-state index in [9.17, 15) is 18.0 Å². The summed E-state index contributed by atoms with van der Waals surface area (Å²) in [4.78, 5) is 15.4. The van der Waals surface area contributed by atoms with Crippen molar-refractivity contribution >= 4 is 39.9 Å². The number of pyridine rings is 1. The molecule has 0 radical (unpaired) electrons. The Hall–Kier alpha value is -2.52. The Morgan fingerprint density at radius 2 is 1.97 bits per heavy atom. The number of rotatable bonds is 2. The van der Waals surface area contributed by atoms with Gasteiger partial charge >= 0.3 is 6.18 Å². The van der Waals surface area contributed by atoms with Crippen LogP contribution in [0, 0.1) is 0 Å². The van der Waals surface area contributed by atoms with Crippen molar-refractivity contribution in [2.24, 2.45) is 7.05 Å². The van der Waals surface area contributed by atoms with Gasteiger partial charge in [0.15, 0.2) is 6.20 Å². The number of anilines is 1. The lowest BCUT2D eigenvalue weighted by atomic mass is 10.2. The number of hydrogen-bond donors (Lipinski definition) is 0. The number of aryl methyl sites for hydroxylation is 1. The van der Waals surface area contributed by atoms with E-state index in [0.29, 0.717) is 26.7 Å². The van der Waals surface area contributed by atoms with Gasteiger partial charge in [0.2, 0.25) is 5.69 Å². The van der Waals surface area contributed by atoms with E-state index in [1.807, 2.05) is 49.0 Å². The van der Waals surface area contributed by atoms with Gasteiger partial charge in [0.25, 0.3) is 5.56 Å². The molecule has 0 unspecified atom stereocenters. The number of fused-ring (bicyclic) bond motifs is 1. The molecule has 3 heterocycles. The van der Waals surface area contributed by atoms with Gasteiger partial charge in [-0.3, -0.25) is 9.36 Å². The number of thioether (sulfide) groups is 1. The molecule has 4 nitrogen and oxygen atoms in total. The zero-order chi connectivity index (χ0) is 21.6. The molecule has 30 heavy (non-hydrogen) atoms. The molecule has 1 aliphatic rings. The molecule has 0 saturated carbocycles. The Bertz CT molecular complexity index is 1310. The molecule has 1 aromatic carbocycles. The highest BCUT2D eigenvalue weighted by molar-refractivity contribution is 8.08. The average Bonchev–Trinajstić information content (AvgIpc) is 3.19.